The minimum Gasteiger partial charge on any atom is -0.365 e. The van der Waals surface area contributed by atoms with Crippen LogP contribution in [-0.2, 0) is 14.3 Å². The van der Waals surface area contributed by atoms with Gasteiger partial charge in [0.05, 0.1) is 6.10 Å². The van der Waals surface area contributed by atoms with Gasteiger partial charge in [-0.15, -0.1) is 0 Å². The zero-order chi connectivity index (χ0) is 15.3. The van der Waals surface area contributed by atoms with Gasteiger partial charge in [0.2, 0.25) is 0 Å². The van der Waals surface area contributed by atoms with E-state index >= 15 is 0 Å². The molecule has 0 bridgehead atoms. The maximum atomic E-state index is 12.5. The van der Waals surface area contributed by atoms with Crippen molar-refractivity contribution in [3.63, 3.8) is 0 Å². The van der Waals surface area contributed by atoms with E-state index in [-0.39, 0.29) is 28.3 Å². The fraction of sp³-hybridized carbons (Fsp3) is 0.789. The van der Waals surface area contributed by atoms with Crippen LogP contribution in [0.15, 0.2) is 11.6 Å². The topological polar surface area (TPSA) is 46.7 Å². The highest BCUT2D eigenvalue weighted by molar-refractivity contribution is 5.92. The zero-order valence-corrected chi connectivity index (χ0v) is 13.5. The van der Waals surface area contributed by atoms with Crippen molar-refractivity contribution in [1.29, 1.82) is 0 Å². The van der Waals surface area contributed by atoms with Crippen molar-refractivity contribution < 1.29 is 14.3 Å². The van der Waals surface area contributed by atoms with E-state index in [2.05, 4.69) is 13.8 Å². The Labute approximate surface area is 131 Å². The van der Waals surface area contributed by atoms with Crippen molar-refractivity contribution in [2.75, 3.05) is 0 Å². The monoisotopic (exact) mass is 300 g/mol. The molecule has 0 aromatic heterocycles. The molecule has 1 heterocycles. The van der Waals surface area contributed by atoms with Gasteiger partial charge in [-0.25, -0.2) is 0 Å². The lowest BCUT2D eigenvalue weighted by Gasteiger charge is -2.54. The van der Waals surface area contributed by atoms with E-state index in [9.17, 15) is 9.59 Å². The molecule has 0 N–H and O–H groups in total. The predicted octanol–water partition coefficient (Wildman–Crippen LogP) is 3.22. The summed E-state index contributed by atoms with van der Waals surface area (Å²) in [6.45, 7) is 4.52. The molecule has 0 aromatic carbocycles. The smallest absolute Gasteiger partial charge is 0.155 e. The Morgan fingerprint density at radius 1 is 1.09 bits per heavy atom. The Kier molecular flexibility index (Phi) is 2.29. The minimum atomic E-state index is -0.141. The number of hydrogen-bond donors (Lipinski definition) is 0. The summed E-state index contributed by atoms with van der Waals surface area (Å²) in [5, 5.41) is 0. The second kappa shape index (κ2) is 3.75. The molecular formula is C19H24O3. The number of ether oxygens (including phenoxy) is 1. The standard InChI is InChI=1S/C19H24O3/c1-17-10-16-19(22-16)14(13(17)5-6-15(17)21)4-3-11-9-12(20)7-8-18(11,19)2/h9,13-14,16H,3-8,10H2,1-2H3/t13-,14-,16-,17-,18-,19-/m0/s1. The third kappa shape index (κ3) is 1.26. The van der Waals surface area contributed by atoms with Crippen LogP contribution in [0, 0.1) is 22.7 Å². The molecule has 6 atom stereocenters. The molecule has 4 aliphatic carbocycles. The maximum Gasteiger partial charge on any atom is 0.155 e. The van der Waals surface area contributed by atoms with Crippen molar-refractivity contribution in [1.82, 2.24) is 0 Å². The number of carbonyl (C=O) groups excluding carboxylic acids is 2. The van der Waals surface area contributed by atoms with E-state index in [0.717, 1.165) is 38.5 Å². The van der Waals surface area contributed by atoms with Gasteiger partial charge < -0.3 is 4.74 Å². The van der Waals surface area contributed by atoms with Crippen molar-refractivity contribution in [3.8, 4) is 0 Å². The van der Waals surface area contributed by atoms with Crippen LogP contribution in [0.25, 0.3) is 0 Å². The first-order chi connectivity index (χ1) is 10.4. The summed E-state index contributed by atoms with van der Waals surface area (Å²) in [5.74, 6) is 1.76. The first-order valence-electron chi connectivity index (χ1n) is 8.87. The van der Waals surface area contributed by atoms with Gasteiger partial charge in [0.15, 0.2) is 5.78 Å². The fourth-order valence-corrected chi connectivity index (χ4v) is 6.79. The van der Waals surface area contributed by atoms with Crippen LogP contribution in [0.2, 0.25) is 0 Å². The van der Waals surface area contributed by atoms with Crippen molar-refractivity contribution in [2.24, 2.45) is 22.7 Å². The average molecular weight is 300 g/mol. The quantitative estimate of drug-likeness (QED) is 0.645. The highest BCUT2D eigenvalue weighted by Gasteiger charge is 2.79. The van der Waals surface area contributed by atoms with Gasteiger partial charge in [0, 0.05) is 23.7 Å². The number of Topliss-reactive ketones (excluding diaryl/α,β-unsaturated/α-hetero) is 1. The molecule has 0 aromatic rings. The van der Waals surface area contributed by atoms with E-state index < -0.39 is 0 Å². The molecule has 5 rings (SSSR count). The first-order valence-corrected chi connectivity index (χ1v) is 8.87. The van der Waals surface area contributed by atoms with Gasteiger partial charge in [-0.1, -0.05) is 19.4 Å². The molecule has 0 radical (unpaired) electrons. The highest BCUT2D eigenvalue weighted by Crippen LogP contribution is 2.74. The van der Waals surface area contributed by atoms with Gasteiger partial charge in [0.25, 0.3) is 0 Å². The molecule has 0 unspecified atom stereocenters. The van der Waals surface area contributed by atoms with E-state index in [1.54, 1.807) is 0 Å². The summed E-state index contributed by atoms with van der Waals surface area (Å²) in [6.07, 6.45) is 8.58. The van der Waals surface area contributed by atoms with Crippen molar-refractivity contribution in [3.05, 3.63) is 11.6 Å². The number of rotatable bonds is 0. The Bertz CT molecular complexity index is 635. The number of hydrogen-bond acceptors (Lipinski definition) is 3. The summed E-state index contributed by atoms with van der Waals surface area (Å²) in [4.78, 5) is 24.3. The maximum absolute atomic E-state index is 12.5. The summed E-state index contributed by atoms with van der Waals surface area (Å²) < 4.78 is 6.42. The van der Waals surface area contributed by atoms with E-state index in [0.29, 0.717) is 24.0 Å². The van der Waals surface area contributed by atoms with Crippen molar-refractivity contribution in [2.45, 2.75) is 70.5 Å². The molecule has 118 valence electrons. The van der Waals surface area contributed by atoms with E-state index in [1.165, 1.54) is 5.57 Å². The summed E-state index contributed by atoms with van der Waals surface area (Å²) in [5.41, 5.74) is 1.15. The fourth-order valence-electron chi connectivity index (χ4n) is 6.79. The molecule has 0 amide bonds. The van der Waals surface area contributed by atoms with Gasteiger partial charge >= 0.3 is 0 Å². The minimum absolute atomic E-state index is 0.0292. The molecule has 1 spiro atoms. The lowest BCUT2D eigenvalue weighted by Crippen LogP contribution is -2.57. The largest absolute Gasteiger partial charge is 0.365 e. The molecule has 1 aliphatic heterocycles. The normalized spacial score (nSPS) is 55.7. The molecule has 5 aliphatic rings. The van der Waals surface area contributed by atoms with Crippen LogP contribution in [0.4, 0.5) is 0 Å². The molecule has 3 nitrogen and oxygen atoms in total. The number of ketones is 2. The van der Waals surface area contributed by atoms with Gasteiger partial charge in [-0.3, -0.25) is 9.59 Å². The second-order valence-corrected chi connectivity index (χ2v) is 8.70. The number of carbonyl (C=O) groups is 2. The Morgan fingerprint density at radius 2 is 1.86 bits per heavy atom. The third-order valence-corrected chi connectivity index (χ3v) is 8.04. The van der Waals surface area contributed by atoms with Crippen LogP contribution >= 0.6 is 0 Å². The van der Waals surface area contributed by atoms with E-state index in [4.69, 9.17) is 4.74 Å². The first kappa shape index (κ1) is 13.5. The predicted molar refractivity (Wildman–Crippen MR) is 81.2 cm³/mol. The van der Waals surface area contributed by atoms with Gasteiger partial charge in [0.1, 0.15) is 11.4 Å². The molecule has 4 fully saturated rings. The Balaban J connectivity index is 1.61. The van der Waals surface area contributed by atoms with E-state index in [1.807, 2.05) is 6.08 Å². The van der Waals surface area contributed by atoms with Crippen LogP contribution in [0.5, 0.6) is 0 Å². The van der Waals surface area contributed by atoms with Crippen LogP contribution in [0.1, 0.15) is 58.8 Å². The lowest BCUT2D eigenvalue weighted by molar-refractivity contribution is -0.130. The number of fused-ring (bicyclic) bond motifs is 3. The molecule has 22 heavy (non-hydrogen) atoms. The van der Waals surface area contributed by atoms with Gasteiger partial charge in [-0.05, 0) is 50.0 Å². The zero-order valence-electron chi connectivity index (χ0n) is 13.5. The average Bonchev–Trinajstić information content (AvgIpc) is 3.12. The van der Waals surface area contributed by atoms with Crippen LogP contribution < -0.4 is 0 Å². The molecule has 3 heteroatoms. The summed E-state index contributed by atoms with van der Waals surface area (Å²) in [6, 6.07) is 0. The highest BCUT2D eigenvalue weighted by atomic mass is 16.6. The van der Waals surface area contributed by atoms with Gasteiger partial charge in [-0.2, -0.15) is 0 Å². The Morgan fingerprint density at radius 3 is 2.68 bits per heavy atom. The Hall–Kier alpha value is -0.960. The van der Waals surface area contributed by atoms with Crippen LogP contribution in [0.3, 0.4) is 0 Å². The summed E-state index contributed by atoms with van der Waals surface area (Å²) >= 11 is 0. The molecule has 1 saturated heterocycles. The lowest BCUT2D eigenvalue weighted by atomic mass is 9.47. The number of epoxide rings is 1. The molecular weight excluding hydrogens is 276 g/mol. The van der Waals surface area contributed by atoms with Crippen LogP contribution in [-0.4, -0.2) is 23.3 Å². The SMILES string of the molecule is C[C@]12CCC(=O)C=C1CC[C@H]1[C@@H]3CCC(=O)[C@@]3(C)C[C@@H]3O[C@]312. The summed E-state index contributed by atoms with van der Waals surface area (Å²) in [7, 11) is 0. The second-order valence-electron chi connectivity index (χ2n) is 8.70. The van der Waals surface area contributed by atoms with Crippen molar-refractivity contribution >= 4 is 11.6 Å². The molecule has 3 saturated carbocycles. The third-order valence-electron chi connectivity index (χ3n) is 8.04.